The molecular formula is C22H15ClN2S. The normalized spacial score (nSPS) is 17.3. The fourth-order valence-corrected chi connectivity index (χ4v) is 4.95. The molecule has 1 aliphatic heterocycles. The van der Waals surface area contributed by atoms with Crippen LogP contribution in [-0.2, 0) is 0 Å². The van der Waals surface area contributed by atoms with Gasteiger partial charge in [0.25, 0.3) is 0 Å². The summed E-state index contributed by atoms with van der Waals surface area (Å²) >= 11 is 8.13. The Morgan fingerprint density at radius 2 is 1.62 bits per heavy atom. The fourth-order valence-electron chi connectivity index (χ4n) is 3.60. The van der Waals surface area contributed by atoms with Crippen molar-refractivity contribution in [2.45, 2.75) is 12.5 Å². The van der Waals surface area contributed by atoms with E-state index in [0.717, 1.165) is 17.7 Å². The third kappa shape index (κ3) is 2.64. The van der Waals surface area contributed by atoms with Gasteiger partial charge in [-0.2, -0.15) is 0 Å². The molecule has 0 saturated heterocycles. The second kappa shape index (κ2) is 6.35. The summed E-state index contributed by atoms with van der Waals surface area (Å²) in [6, 6.07) is 25.3. The first-order valence-corrected chi connectivity index (χ1v) is 9.75. The number of aliphatic imine (C=N–C) groups is 2. The second-order valence-electron chi connectivity index (χ2n) is 6.36. The minimum atomic E-state index is 0.0105. The van der Waals surface area contributed by atoms with Gasteiger partial charge >= 0.3 is 0 Å². The molecule has 4 aromatic rings. The summed E-state index contributed by atoms with van der Waals surface area (Å²) in [6.07, 6.45) is 0.753. The molecule has 0 bridgehead atoms. The second-order valence-corrected chi connectivity index (χ2v) is 7.79. The van der Waals surface area contributed by atoms with Crippen LogP contribution in [0.5, 0.6) is 0 Å². The molecule has 1 atom stereocenters. The van der Waals surface area contributed by atoms with Gasteiger partial charge in [-0.1, -0.05) is 60.7 Å². The number of hydrogen-bond acceptors (Lipinski definition) is 3. The molecule has 0 aliphatic carbocycles. The van der Waals surface area contributed by atoms with Gasteiger partial charge < -0.3 is 0 Å². The molecule has 4 heteroatoms. The Morgan fingerprint density at radius 3 is 2.50 bits per heavy atom. The molecule has 3 aromatic carbocycles. The lowest BCUT2D eigenvalue weighted by Crippen LogP contribution is -2.14. The SMILES string of the molecule is ClC1=NC(c2ccccc2)CC(c2cccc3sc4ccccc4c23)=N1. The van der Waals surface area contributed by atoms with Gasteiger partial charge in [0, 0.05) is 32.2 Å². The van der Waals surface area contributed by atoms with Crippen LogP contribution in [0.25, 0.3) is 20.2 Å². The third-order valence-corrected chi connectivity index (χ3v) is 6.09. The van der Waals surface area contributed by atoms with Crippen LogP contribution in [0.15, 0.2) is 82.8 Å². The molecule has 2 nitrogen and oxygen atoms in total. The van der Waals surface area contributed by atoms with Crippen LogP contribution in [-0.4, -0.2) is 11.0 Å². The van der Waals surface area contributed by atoms with Crippen molar-refractivity contribution in [3.8, 4) is 0 Å². The van der Waals surface area contributed by atoms with E-state index in [1.165, 1.54) is 25.7 Å². The first kappa shape index (κ1) is 15.7. The molecule has 0 amide bonds. The monoisotopic (exact) mass is 374 g/mol. The maximum atomic E-state index is 6.31. The van der Waals surface area contributed by atoms with E-state index >= 15 is 0 Å². The maximum Gasteiger partial charge on any atom is 0.218 e. The molecule has 1 aromatic heterocycles. The lowest BCUT2D eigenvalue weighted by molar-refractivity contribution is 0.757. The number of amidine groups is 1. The van der Waals surface area contributed by atoms with E-state index in [1.807, 2.05) is 29.5 Å². The van der Waals surface area contributed by atoms with Crippen LogP contribution >= 0.6 is 22.9 Å². The smallest absolute Gasteiger partial charge is 0.218 e. The molecule has 0 fully saturated rings. The molecule has 0 radical (unpaired) electrons. The number of rotatable bonds is 2. The van der Waals surface area contributed by atoms with Crippen LogP contribution < -0.4 is 0 Å². The number of benzene rings is 3. The summed E-state index contributed by atoms with van der Waals surface area (Å²) in [7, 11) is 0. The fraction of sp³-hybridized carbons (Fsp3) is 0.0909. The van der Waals surface area contributed by atoms with E-state index in [-0.39, 0.29) is 6.04 Å². The highest BCUT2D eigenvalue weighted by molar-refractivity contribution is 7.25. The van der Waals surface area contributed by atoms with E-state index in [1.54, 1.807) is 0 Å². The standard InChI is InChI=1S/C22H15ClN2S/c23-22-24-17(14-7-2-1-3-8-14)13-18(25-22)15-10-6-12-20-21(15)16-9-4-5-11-19(16)26-20/h1-12,17H,13H2. The van der Waals surface area contributed by atoms with E-state index < -0.39 is 0 Å². The number of fused-ring (bicyclic) bond motifs is 3. The van der Waals surface area contributed by atoms with Crippen molar-refractivity contribution in [3.63, 3.8) is 0 Å². The van der Waals surface area contributed by atoms with Crippen molar-refractivity contribution < 1.29 is 0 Å². The summed E-state index contributed by atoms with van der Waals surface area (Å²) < 4.78 is 2.58. The highest BCUT2D eigenvalue weighted by Crippen LogP contribution is 2.38. The molecule has 126 valence electrons. The molecule has 26 heavy (non-hydrogen) atoms. The molecule has 0 N–H and O–H groups in total. The van der Waals surface area contributed by atoms with Gasteiger partial charge in [-0.15, -0.1) is 11.3 Å². The van der Waals surface area contributed by atoms with Crippen molar-refractivity contribution in [1.29, 1.82) is 0 Å². The molecule has 0 saturated carbocycles. The molecule has 1 aliphatic rings. The van der Waals surface area contributed by atoms with Crippen molar-refractivity contribution in [3.05, 3.63) is 83.9 Å². The zero-order valence-corrected chi connectivity index (χ0v) is 15.5. The first-order valence-electron chi connectivity index (χ1n) is 8.56. The summed E-state index contributed by atoms with van der Waals surface area (Å²) in [5, 5.41) is 2.88. The quantitative estimate of drug-likeness (QED) is 0.354. The lowest BCUT2D eigenvalue weighted by atomic mass is 9.94. The van der Waals surface area contributed by atoms with E-state index in [9.17, 15) is 0 Å². The molecule has 2 heterocycles. The Labute approximate surface area is 160 Å². The van der Waals surface area contributed by atoms with Gasteiger partial charge in [0.15, 0.2) is 0 Å². The number of hydrogen-bond donors (Lipinski definition) is 0. The van der Waals surface area contributed by atoms with Gasteiger partial charge in [-0.05, 0) is 29.3 Å². The largest absolute Gasteiger partial charge is 0.248 e. The van der Waals surface area contributed by atoms with E-state index in [0.29, 0.717) is 5.29 Å². The van der Waals surface area contributed by atoms with Crippen LogP contribution in [0.2, 0.25) is 0 Å². The molecule has 1 unspecified atom stereocenters. The summed E-state index contributed by atoms with van der Waals surface area (Å²) in [5.41, 5.74) is 3.34. The summed E-state index contributed by atoms with van der Waals surface area (Å²) in [6.45, 7) is 0. The zero-order chi connectivity index (χ0) is 17.5. The van der Waals surface area contributed by atoms with Crippen LogP contribution in [0.4, 0.5) is 0 Å². The topological polar surface area (TPSA) is 24.7 Å². The van der Waals surface area contributed by atoms with Crippen LogP contribution in [0.1, 0.15) is 23.6 Å². The van der Waals surface area contributed by atoms with E-state index in [4.69, 9.17) is 11.6 Å². The lowest BCUT2D eigenvalue weighted by Gasteiger charge is -2.19. The number of thiophene rings is 1. The van der Waals surface area contributed by atoms with Gasteiger partial charge in [0.1, 0.15) is 0 Å². The Kier molecular flexibility index (Phi) is 3.84. The third-order valence-electron chi connectivity index (χ3n) is 4.77. The van der Waals surface area contributed by atoms with Crippen LogP contribution in [0, 0.1) is 0 Å². The maximum absolute atomic E-state index is 6.31. The summed E-state index contributed by atoms with van der Waals surface area (Å²) in [4.78, 5) is 9.16. The van der Waals surface area contributed by atoms with E-state index in [2.05, 4.69) is 64.6 Å². The van der Waals surface area contributed by atoms with Gasteiger partial charge in [0.05, 0.1) is 11.8 Å². The Bertz CT molecular complexity index is 1170. The molecular weight excluding hydrogens is 360 g/mol. The predicted molar refractivity (Wildman–Crippen MR) is 113 cm³/mol. The predicted octanol–water partition coefficient (Wildman–Crippen LogP) is 6.58. The van der Waals surface area contributed by atoms with Crippen LogP contribution in [0.3, 0.4) is 0 Å². The van der Waals surface area contributed by atoms with Gasteiger partial charge in [-0.3, -0.25) is 0 Å². The van der Waals surface area contributed by atoms with Gasteiger partial charge in [0.2, 0.25) is 5.29 Å². The van der Waals surface area contributed by atoms with Gasteiger partial charge in [-0.25, -0.2) is 9.98 Å². The average molecular weight is 375 g/mol. The van der Waals surface area contributed by atoms with Crippen molar-refractivity contribution >= 4 is 54.1 Å². The Balaban J connectivity index is 1.67. The number of nitrogens with zero attached hydrogens (tertiary/aromatic N) is 2. The number of halogens is 1. The van der Waals surface area contributed by atoms with Crippen molar-refractivity contribution in [2.75, 3.05) is 0 Å². The highest BCUT2D eigenvalue weighted by Gasteiger charge is 2.22. The Morgan fingerprint density at radius 1 is 0.846 bits per heavy atom. The minimum Gasteiger partial charge on any atom is -0.248 e. The summed E-state index contributed by atoms with van der Waals surface area (Å²) in [5.74, 6) is 0. The Hall–Kier alpha value is -2.49. The highest BCUT2D eigenvalue weighted by atomic mass is 35.5. The molecule has 0 spiro atoms. The van der Waals surface area contributed by atoms with Crippen molar-refractivity contribution in [2.24, 2.45) is 9.98 Å². The average Bonchev–Trinajstić information content (AvgIpc) is 3.07. The zero-order valence-electron chi connectivity index (χ0n) is 13.9. The first-order chi connectivity index (χ1) is 12.8. The minimum absolute atomic E-state index is 0.0105. The van der Waals surface area contributed by atoms with Crippen molar-refractivity contribution in [1.82, 2.24) is 0 Å². The molecule has 5 rings (SSSR count).